The van der Waals surface area contributed by atoms with E-state index in [2.05, 4.69) is 0 Å². The molecular formula is C21H21NO3. The summed E-state index contributed by atoms with van der Waals surface area (Å²) in [6, 6.07) is 19.8. The molecule has 2 aromatic rings. The minimum absolute atomic E-state index is 0.237. The molecule has 1 aliphatic rings. The molecule has 1 atom stereocenters. The summed E-state index contributed by atoms with van der Waals surface area (Å²) in [4.78, 5) is 26.6. The highest BCUT2D eigenvalue weighted by Gasteiger charge is 2.51. The van der Waals surface area contributed by atoms with Gasteiger partial charge in [0.25, 0.3) is 0 Å². The first-order valence-electron chi connectivity index (χ1n) is 8.19. The number of ether oxygens (including phenoxy) is 1. The Hall–Kier alpha value is -2.88. The van der Waals surface area contributed by atoms with E-state index in [0.29, 0.717) is 6.42 Å². The maximum atomic E-state index is 12.8. The Morgan fingerprint density at radius 3 is 1.92 bits per heavy atom. The normalized spacial score (nSPS) is 19.9. The maximum absolute atomic E-state index is 12.8. The Morgan fingerprint density at radius 1 is 1.00 bits per heavy atom. The van der Waals surface area contributed by atoms with Gasteiger partial charge in [-0.1, -0.05) is 60.7 Å². The van der Waals surface area contributed by atoms with Gasteiger partial charge < -0.3 is 9.64 Å². The lowest BCUT2D eigenvalue weighted by atomic mass is 9.86. The molecule has 0 radical (unpaired) electrons. The minimum Gasteiger partial charge on any atom is -0.468 e. The molecule has 2 aromatic carbocycles. The first kappa shape index (κ1) is 17.0. The maximum Gasteiger partial charge on any atom is 0.321 e. The number of hydrogen-bond donors (Lipinski definition) is 0. The number of nitrogens with zero attached hydrogens (tertiary/aromatic N) is 1. The van der Waals surface area contributed by atoms with Gasteiger partial charge in [0.05, 0.1) is 7.11 Å². The van der Waals surface area contributed by atoms with Crippen molar-refractivity contribution in [3.63, 3.8) is 0 Å². The smallest absolute Gasteiger partial charge is 0.321 e. The van der Waals surface area contributed by atoms with Gasteiger partial charge in [-0.3, -0.25) is 9.59 Å². The van der Waals surface area contributed by atoms with Crippen LogP contribution in [0.2, 0.25) is 0 Å². The molecule has 0 spiro atoms. The van der Waals surface area contributed by atoms with Crippen LogP contribution in [0.5, 0.6) is 0 Å². The lowest BCUT2D eigenvalue weighted by molar-refractivity contribution is -0.157. The highest BCUT2D eigenvalue weighted by molar-refractivity contribution is 6.06. The van der Waals surface area contributed by atoms with E-state index < -0.39 is 11.4 Å². The molecule has 25 heavy (non-hydrogen) atoms. The summed E-state index contributed by atoms with van der Waals surface area (Å²) in [5.41, 5.74) is 2.63. The number of esters is 1. The van der Waals surface area contributed by atoms with E-state index in [-0.39, 0.29) is 5.91 Å². The van der Waals surface area contributed by atoms with Crippen molar-refractivity contribution in [2.45, 2.75) is 13.3 Å². The molecule has 0 aromatic heterocycles. The number of carbonyl (C=O) groups excluding carboxylic acids is 2. The lowest BCUT2D eigenvalue weighted by Crippen LogP contribution is -2.37. The molecule has 128 valence electrons. The number of methoxy groups -OCH3 is 1. The summed E-state index contributed by atoms with van der Waals surface area (Å²) >= 11 is 0. The summed E-state index contributed by atoms with van der Waals surface area (Å²) in [6.45, 7) is 1.65. The fourth-order valence-corrected chi connectivity index (χ4v) is 3.37. The third kappa shape index (κ3) is 2.84. The van der Waals surface area contributed by atoms with Crippen LogP contribution in [-0.4, -0.2) is 30.9 Å². The van der Waals surface area contributed by atoms with E-state index in [4.69, 9.17) is 4.74 Å². The van der Waals surface area contributed by atoms with Gasteiger partial charge in [0.2, 0.25) is 5.91 Å². The van der Waals surface area contributed by atoms with Crippen molar-refractivity contribution in [2.75, 3.05) is 14.2 Å². The fourth-order valence-electron chi connectivity index (χ4n) is 3.37. The van der Waals surface area contributed by atoms with Gasteiger partial charge >= 0.3 is 5.97 Å². The van der Waals surface area contributed by atoms with Crippen LogP contribution in [0.4, 0.5) is 0 Å². The highest BCUT2D eigenvalue weighted by atomic mass is 16.5. The van der Waals surface area contributed by atoms with Gasteiger partial charge in [0, 0.05) is 24.7 Å². The van der Waals surface area contributed by atoms with Crippen LogP contribution in [0.15, 0.2) is 66.4 Å². The molecular weight excluding hydrogens is 314 g/mol. The standard InChI is InChI=1S/C21H21NO3/c1-21(20(24)25-3)14-17(22(2)19(21)23)18(15-10-6-4-7-11-15)16-12-8-5-9-13-16/h4-13H,14H2,1-3H3. The molecule has 1 saturated heterocycles. The van der Waals surface area contributed by atoms with Gasteiger partial charge in [0.1, 0.15) is 5.41 Å². The van der Waals surface area contributed by atoms with Gasteiger partial charge in [0.15, 0.2) is 0 Å². The molecule has 0 aliphatic carbocycles. The Morgan fingerprint density at radius 2 is 1.48 bits per heavy atom. The van der Waals surface area contributed by atoms with Gasteiger partial charge in [-0.2, -0.15) is 0 Å². The molecule has 3 rings (SSSR count). The number of carbonyl (C=O) groups is 2. The molecule has 1 heterocycles. The number of benzene rings is 2. The first-order valence-corrected chi connectivity index (χ1v) is 8.19. The van der Waals surface area contributed by atoms with E-state index in [0.717, 1.165) is 22.4 Å². The van der Waals surface area contributed by atoms with Crippen molar-refractivity contribution in [3.8, 4) is 0 Å². The van der Waals surface area contributed by atoms with Gasteiger partial charge in [-0.05, 0) is 18.1 Å². The molecule has 0 N–H and O–H groups in total. The van der Waals surface area contributed by atoms with E-state index in [1.54, 1.807) is 18.9 Å². The van der Waals surface area contributed by atoms with Gasteiger partial charge in [-0.25, -0.2) is 0 Å². The van der Waals surface area contributed by atoms with Crippen LogP contribution >= 0.6 is 0 Å². The summed E-state index contributed by atoms with van der Waals surface area (Å²) in [6.07, 6.45) is 0.314. The van der Waals surface area contributed by atoms with Crippen molar-refractivity contribution >= 4 is 17.4 Å². The monoisotopic (exact) mass is 335 g/mol. The van der Waals surface area contributed by atoms with Crippen molar-refractivity contribution in [3.05, 3.63) is 77.5 Å². The zero-order chi connectivity index (χ0) is 18.0. The van der Waals surface area contributed by atoms with Crippen molar-refractivity contribution in [1.82, 2.24) is 4.90 Å². The van der Waals surface area contributed by atoms with E-state index in [1.807, 2.05) is 60.7 Å². The molecule has 1 amide bonds. The van der Waals surface area contributed by atoms with Crippen LogP contribution in [0, 0.1) is 5.41 Å². The summed E-state index contributed by atoms with van der Waals surface area (Å²) < 4.78 is 4.89. The molecule has 1 fully saturated rings. The Balaban J connectivity index is 2.22. The average molecular weight is 335 g/mol. The first-order chi connectivity index (χ1) is 12.0. The Labute approximate surface area is 147 Å². The molecule has 1 unspecified atom stereocenters. The van der Waals surface area contributed by atoms with Crippen molar-refractivity contribution in [2.24, 2.45) is 5.41 Å². The second-order valence-corrected chi connectivity index (χ2v) is 6.42. The minimum atomic E-state index is -1.19. The zero-order valence-corrected chi connectivity index (χ0v) is 14.7. The third-order valence-corrected chi connectivity index (χ3v) is 4.75. The van der Waals surface area contributed by atoms with Crippen LogP contribution in [0.3, 0.4) is 0 Å². The Bertz CT molecular complexity index is 785. The molecule has 4 nitrogen and oxygen atoms in total. The van der Waals surface area contributed by atoms with Crippen molar-refractivity contribution < 1.29 is 14.3 Å². The quantitative estimate of drug-likeness (QED) is 0.637. The second-order valence-electron chi connectivity index (χ2n) is 6.42. The largest absolute Gasteiger partial charge is 0.468 e. The van der Waals surface area contributed by atoms with Gasteiger partial charge in [-0.15, -0.1) is 0 Å². The van der Waals surface area contributed by atoms with Crippen LogP contribution < -0.4 is 0 Å². The number of allylic oxidation sites excluding steroid dienone is 1. The average Bonchev–Trinajstić information content (AvgIpc) is 2.88. The topological polar surface area (TPSA) is 46.6 Å². The predicted molar refractivity (Wildman–Crippen MR) is 96.4 cm³/mol. The van der Waals surface area contributed by atoms with Crippen molar-refractivity contribution in [1.29, 1.82) is 0 Å². The van der Waals surface area contributed by atoms with Crippen LogP contribution in [0.1, 0.15) is 24.5 Å². The zero-order valence-electron chi connectivity index (χ0n) is 14.7. The van der Waals surface area contributed by atoms with E-state index in [1.165, 1.54) is 7.11 Å². The molecule has 0 saturated carbocycles. The highest BCUT2D eigenvalue weighted by Crippen LogP contribution is 2.43. The number of amides is 1. The second kappa shape index (κ2) is 6.55. The number of hydrogen-bond acceptors (Lipinski definition) is 3. The number of rotatable bonds is 3. The lowest BCUT2D eigenvalue weighted by Gasteiger charge is -2.18. The SMILES string of the molecule is COC(=O)C1(C)CC(=C(c2ccccc2)c2ccccc2)N(C)C1=O. The molecule has 1 aliphatic heterocycles. The summed E-state index contributed by atoms with van der Waals surface area (Å²) in [5.74, 6) is -0.737. The van der Waals surface area contributed by atoms with E-state index in [9.17, 15) is 9.59 Å². The summed E-state index contributed by atoms with van der Waals surface area (Å²) in [5, 5.41) is 0. The number of likely N-dealkylation sites (tertiary alicyclic amines) is 1. The van der Waals surface area contributed by atoms with Crippen LogP contribution in [0.25, 0.3) is 5.57 Å². The van der Waals surface area contributed by atoms with Crippen LogP contribution in [-0.2, 0) is 14.3 Å². The third-order valence-electron chi connectivity index (χ3n) is 4.75. The molecule has 4 heteroatoms. The molecule has 0 bridgehead atoms. The fraction of sp³-hybridized carbons (Fsp3) is 0.238. The van der Waals surface area contributed by atoms with E-state index >= 15 is 0 Å². The predicted octanol–water partition coefficient (Wildman–Crippen LogP) is 3.49. The summed E-state index contributed by atoms with van der Waals surface area (Å²) in [7, 11) is 3.04. The Kier molecular flexibility index (Phi) is 4.45.